The summed E-state index contributed by atoms with van der Waals surface area (Å²) in [5, 5.41) is 18.3. The molecule has 0 amide bonds. The van der Waals surface area contributed by atoms with E-state index in [2.05, 4.69) is 4.98 Å². The number of aryl methyl sites for hydroxylation is 1. The van der Waals surface area contributed by atoms with E-state index in [1.54, 1.807) is 0 Å². The van der Waals surface area contributed by atoms with Gasteiger partial charge in [0, 0.05) is 11.8 Å². The van der Waals surface area contributed by atoms with Crippen molar-refractivity contribution in [2.75, 3.05) is 13.3 Å². The summed E-state index contributed by atoms with van der Waals surface area (Å²) in [5.41, 5.74) is -0.882. The highest BCUT2D eigenvalue weighted by Crippen LogP contribution is 2.11. The molecule has 0 saturated carbocycles. The van der Waals surface area contributed by atoms with E-state index in [0.717, 1.165) is 4.57 Å². The Bertz CT molecular complexity index is 527. The number of aliphatic hydroxyl groups excluding tert-OH is 2. The van der Waals surface area contributed by atoms with Crippen LogP contribution in [-0.4, -0.2) is 45.3 Å². The van der Waals surface area contributed by atoms with Crippen LogP contribution in [-0.2, 0) is 4.74 Å². The van der Waals surface area contributed by atoms with E-state index in [1.807, 2.05) is 0 Å². The number of aromatic nitrogens is 2. The fourth-order valence-electron chi connectivity index (χ4n) is 1.53. The van der Waals surface area contributed by atoms with E-state index in [9.17, 15) is 19.1 Å². The number of ether oxygens (including phenoxy) is 1. The third-order valence-electron chi connectivity index (χ3n) is 2.68. The smallest absolute Gasteiger partial charge is 0.330 e. The van der Waals surface area contributed by atoms with Crippen LogP contribution in [0.25, 0.3) is 0 Å². The maximum Gasteiger partial charge on any atom is 0.330 e. The van der Waals surface area contributed by atoms with Crippen molar-refractivity contribution in [1.29, 1.82) is 0 Å². The molecule has 1 aromatic heterocycles. The van der Waals surface area contributed by atoms with Crippen LogP contribution in [0.3, 0.4) is 0 Å². The van der Waals surface area contributed by atoms with Gasteiger partial charge in [-0.15, -0.1) is 0 Å². The van der Waals surface area contributed by atoms with Gasteiger partial charge in [-0.1, -0.05) is 0 Å². The van der Waals surface area contributed by atoms with Crippen LogP contribution in [0.1, 0.15) is 18.7 Å². The summed E-state index contributed by atoms with van der Waals surface area (Å²) in [5.74, 6) is 0. The van der Waals surface area contributed by atoms with Gasteiger partial charge in [-0.3, -0.25) is 14.3 Å². The predicted molar refractivity (Wildman–Crippen MR) is 64.7 cm³/mol. The number of nitrogens with one attached hydrogen (secondary N) is 1. The summed E-state index contributed by atoms with van der Waals surface area (Å²) in [6, 6.07) is 0. The largest absolute Gasteiger partial charge is 0.394 e. The average molecular weight is 276 g/mol. The zero-order chi connectivity index (χ0) is 14.6. The second kappa shape index (κ2) is 6.60. The maximum absolute atomic E-state index is 12.3. The van der Waals surface area contributed by atoms with E-state index in [4.69, 9.17) is 9.84 Å². The zero-order valence-electron chi connectivity index (χ0n) is 10.7. The molecule has 0 fully saturated rings. The van der Waals surface area contributed by atoms with Gasteiger partial charge >= 0.3 is 5.69 Å². The van der Waals surface area contributed by atoms with Crippen molar-refractivity contribution in [2.45, 2.75) is 32.3 Å². The molecule has 0 aliphatic rings. The Kier molecular flexibility index (Phi) is 5.40. The molecule has 3 N–H and O–H groups in total. The van der Waals surface area contributed by atoms with E-state index in [1.165, 1.54) is 20.0 Å². The van der Waals surface area contributed by atoms with Gasteiger partial charge in [0.15, 0.2) is 0 Å². The highest BCUT2D eigenvalue weighted by atomic mass is 19.1. The lowest BCUT2D eigenvalue weighted by Crippen LogP contribution is -2.39. The van der Waals surface area contributed by atoms with Crippen molar-refractivity contribution >= 4 is 0 Å². The molecule has 1 rings (SSSR count). The number of hydrogen-bond donors (Lipinski definition) is 3. The van der Waals surface area contributed by atoms with Crippen molar-refractivity contribution in [1.82, 2.24) is 9.55 Å². The Morgan fingerprint density at radius 3 is 2.68 bits per heavy atom. The highest BCUT2D eigenvalue weighted by molar-refractivity contribution is 5.01. The standard InChI is InChI=1S/C11H17FN2O5/c1-6-4-14(11(18)13-10(6)17)7(2)19-9(5-15)8(16)3-12/h4,7-9,15-16H,3,5H2,1-2H3,(H,13,17,18)/t7-,8-,9-/m0/s1. The molecule has 8 heteroatoms. The molecule has 1 aromatic rings. The van der Waals surface area contributed by atoms with Crippen molar-refractivity contribution < 1.29 is 19.3 Å². The van der Waals surface area contributed by atoms with Crippen LogP contribution in [0, 0.1) is 6.92 Å². The van der Waals surface area contributed by atoms with Crippen LogP contribution in [0.15, 0.2) is 15.8 Å². The van der Waals surface area contributed by atoms with Gasteiger partial charge in [0.2, 0.25) is 0 Å². The second-order valence-electron chi connectivity index (χ2n) is 4.16. The summed E-state index contributed by atoms with van der Waals surface area (Å²) in [4.78, 5) is 24.9. The number of aliphatic hydroxyl groups is 2. The van der Waals surface area contributed by atoms with Gasteiger partial charge < -0.3 is 14.9 Å². The summed E-state index contributed by atoms with van der Waals surface area (Å²) in [7, 11) is 0. The summed E-state index contributed by atoms with van der Waals surface area (Å²) >= 11 is 0. The molecule has 0 unspecified atom stereocenters. The number of hydrogen-bond acceptors (Lipinski definition) is 5. The first kappa shape index (κ1) is 15.5. The first-order valence-corrected chi connectivity index (χ1v) is 5.73. The van der Waals surface area contributed by atoms with Gasteiger partial charge in [-0.05, 0) is 13.8 Å². The number of H-pyrrole nitrogens is 1. The van der Waals surface area contributed by atoms with Gasteiger partial charge in [0.25, 0.3) is 5.56 Å². The molecule has 0 spiro atoms. The molecule has 0 aromatic carbocycles. The predicted octanol–water partition coefficient (Wildman–Crippen LogP) is -0.929. The number of aromatic amines is 1. The van der Waals surface area contributed by atoms with E-state index < -0.39 is 43.0 Å². The monoisotopic (exact) mass is 276 g/mol. The van der Waals surface area contributed by atoms with Crippen LogP contribution in [0.2, 0.25) is 0 Å². The number of rotatable bonds is 6. The minimum Gasteiger partial charge on any atom is -0.394 e. The summed E-state index contributed by atoms with van der Waals surface area (Å²) in [6.07, 6.45) is -2.21. The number of nitrogens with zero attached hydrogens (tertiary/aromatic N) is 1. The molecular weight excluding hydrogens is 259 g/mol. The SMILES string of the molecule is Cc1cn([C@H](C)O[C@@H](CO)[C@@H](O)CF)c(=O)[nH]c1=O. The summed E-state index contributed by atoms with van der Waals surface area (Å²) in [6.45, 7) is 1.33. The maximum atomic E-state index is 12.3. The molecule has 3 atom stereocenters. The van der Waals surface area contributed by atoms with Gasteiger partial charge in [0.1, 0.15) is 25.1 Å². The molecule has 0 radical (unpaired) electrons. The lowest BCUT2D eigenvalue weighted by molar-refractivity contribution is -0.121. The first-order chi connectivity index (χ1) is 8.90. The van der Waals surface area contributed by atoms with Crippen LogP contribution < -0.4 is 11.2 Å². The van der Waals surface area contributed by atoms with E-state index >= 15 is 0 Å². The zero-order valence-corrected chi connectivity index (χ0v) is 10.7. The first-order valence-electron chi connectivity index (χ1n) is 5.73. The molecule has 0 bridgehead atoms. The molecule has 1 heterocycles. The van der Waals surface area contributed by atoms with Crippen LogP contribution >= 0.6 is 0 Å². The van der Waals surface area contributed by atoms with Gasteiger partial charge in [0.05, 0.1) is 6.61 Å². The Labute approximate surface area is 108 Å². The Balaban J connectivity index is 2.95. The quantitative estimate of drug-likeness (QED) is 0.623. The third kappa shape index (κ3) is 3.72. The molecule has 0 saturated heterocycles. The van der Waals surface area contributed by atoms with Crippen molar-refractivity contribution in [3.05, 3.63) is 32.6 Å². The van der Waals surface area contributed by atoms with Crippen LogP contribution in [0.5, 0.6) is 0 Å². The highest BCUT2D eigenvalue weighted by Gasteiger charge is 2.22. The fraction of sp³-hybridized carbons (Fsp3) is 0.636. The van der Waals surface area contributed by atoms with Crippen LogP contribution in [0.4, 0.5) is 4.39 Å². The average Bonchev–Trinajstić information content (AvgIpc) is 2.38. The Morgan fingerprint density at radius 1 is 1.53 bits per heavy atom. The molecule has 7 nitrogen and oxygen atoms in total. The van der Waals surface area contributed by atoms with Crippen molar-refractivity contribution in [3.63, 3.8) is 0 Å². The summed E-state index contributed by atoms with van der Waals surface area (Å²) < 4.78 is 18.6. The molecule has 0 aliphatic carbocycles. The molecule has 108 valence electrons. The van der Waals surface area contributed by atoms with E-state index in [0.29, 0.717) is 5.56 Å². The second-order valence-corrected chi connectivity index (χ2v) is 4.16. The Hall–Kier alpha value is -1.51. The van der Waals surface area contributed by atoms with Gasteiger partial charge in [-0.25, -0.2) is 9.18 Å². The Morgan fingerprint density at radius 2 is 2.16 bits per heavy atom. The minimum atomic E-state index is -1.48. The fourth-order valence-corrected chi connectivity index (χ4v) is 1.53. The molecular formula is C11H17FN2O5. The van der Waals surface area contributed by atoms with Crippen molar-refractivity contribution in [2.24, 2.45) is 0 Å². The number of halogens is 1. The lowest BCUT2D eigenvalue weighted by atomic mass is 10.2. The topological polar surface area (TPSA) is 105 Å². The molecule has 19 heavy (non-hydrogen) atoms. The van der Waals surface area contributed by atoms with Gasteiger partial charge in [-0.2, -0.15) is 0 Å². The minimum absolute atomic E-state index is 0.307. The van der Waals surface area contributed by atoms with E-state index in [-0.39, 0.29) is 0 Å². The lowest BCUT2D eigenvalue weighted by Gasteiger charge is -2.24. The normalized spacial score (nSPS) is 16.1. The van der Waals surface area contributed by atoms with Crippen molar-refractivity contribution in [3.8, 4) is 0 Å². The molecule has 0 aliphatic heterocycles. The third-order valence-corrected chi connectivity index (χ3v) is 2.68. The number of alkyl halides is 1.